The van der Waals surface area contributed by atoms with Crippen molar-refractivity contribution in [3.63, 3.8) is 0 Å². The minimum absolute atomic E-state index is 0.110. The molecule has 0 spiro atoms. The molecule has 1 N–H and O–H groups in total. The van der Waals surface area contributed by atoms with E-state index in [4.69, 9.17) is 0 Å². The van der Waals surface area contributed by atoms with Crippen molar-refractivity contribution in [1.29, 1.82) is 0 Å². The molecule has 2 aliphatic heterocycles. The summed E-state index contributed by atoms with van der Waals surface area (Å²) in [5, 5.41) is 0. The van der Waals surface area contributed by atoms with Gasteiger partial charge >= 0.3 is 0 Å². The fraction of sp³-hybridized carbons (Fsp3) is 0.348. The fourth-order valence-corrected chi connectivity index (χ4v) is 5.55. The molecule has 1 atom stereocenters. The Balaban J connectivity index is 1.29. The highest BCUT2D eigenvalue weighted by atomic mass is 32.2. The van der Waals surface area contributed by atoms with E-state index in [-0.39, 0.29) is 5.91 Å². The largest absolute Gasteiger partial charge is 0.335 e. The van der Waals surface area contributed by atoms with Gasteiger partial charge in [0.2, 0.25) is 10.0 Å². The van der Waals surface area contributed by atoms with E-state index in [0.29, 0.717) is 37.6 Å². The SMILES string of the molecule is O=C(C[NH+]1CC=C(c2ccccc2)CC1)N1CCN(S(=O)(=O)c2ccccc2)CC1. The standard InChI is InChI=1S/C23H27N3O3S/c27-23(19-24-13-11-21(12-14-24)20-7-3-1-4-8-20)25-15-17-26(18-16-25)30(28,29)22-9-5-2-6-10-22/h1-11H,12-19H2/p+1. The predicted molar refractivity (Wildman–Crippen MR) is 116 cm³/mol. The average molecular weight is 427 g/mol. The Kier molecular flexibility index (Phi) is 6.32. The molecule has 4 rings (SSSR count). The van der Waals surface area contributed by atoms with Gasteiger partial charge in [0.1, 0.15) is 0 Å². The summed E-state index contributed by atoms with van der Waals surface area (Å²) in [6.07, 6.45) is 3.21. The van der Waals surface area contributed by atoms with E-state index in [0.717, 1.165) is 19.5 Å². The van der Waals surface area contributed by atoms with E-state index in [1.165, 1.54) is 20.3 Å². The van der Waals surface area contributed by atoms with Crippen LogP contribution in [0.2, 0.25) is 0 Å². The molecule has 1 saturated heterocycles. The molecule has 0 bridgehead atoms. The Morgan fingerprint density at radius 3 is 2.13 bits per heavy atom. The van der Waals surface area contributed by atoms with Gasteiger partial charge in [-0.1, -0.05) is 48.5 Å². The molecular weight excluding hydrogens is 398 g/mol. The van der Waals surface area contributed by atoms with E-state index in [1.54, 1.807) is 35.2 Å². The zero-order valence-corrected chi connectivity index (χ0v) is 17.9. The van der Waals surface area contributed by atoms with Crippen LogP contribution >= 0.6 is 0 Å². The van der Waals surface area contributed by atoms with Gasteiger partial charge < -0.3 is 9.80 Å². The lowest BCUT2D eigenvalue weighted by Crippen LogP contribution is -3.13. The smallest absolute Gasteiger partial charge is 0.277 e. The van der Waals surface area contributed by atoms with Crippen LogP contribution in [0.3, 0.4) is 0 Å². The molecule has 7 heteroatoms. The van der Waals surface area contributed by atoms with Crippen molar-refractivity contribution < 1.29 is 18.1 Å². The zero-order valence-electron chi connectivity index (χ0n) is 17.0. The summed E-state index contributed by atoms with van der Waals surface area (Å²) >= 11 is 0. The highest BCUT2D eigenvalue weighted by Gasteiger charge is 2.31. The van der Waals surface area contributed by atoms with Crippen LogP contribution in [0.15, 0.2) is 71.6 Å². The summed E-state index contributed by atoms with van der Waals surface area (Å²) in [5.74, 6) is 0.110. The second kappa shape index (κ2) is 9.12. The van der Waals surface area contributed by atoms with E-state index < -0.39 is 10.0 Å². The molecule has 1 amide bonds. The van der Waals surface area contributed by atoms with Crippen LogP contribution in [-0.2, 0) is 14.8 Å². The number of nitrogens with one attached hydrogen (secondary N) is 1. The number of rotatable bonds is 5. The van der Waals surface area contributed by atoms with E-state index in [1.807, 2.05) is 6.07 Å². The number of sulfonamides is 1. The zero-order chi connectivity index (χ0) is 21.0. The second-order valence-corrected chi connectivity index (χ2v) is 9.76. The van der Waals surface area contributed by atoms with Crippen molar-refractivity contribution in [3.8, 4) is 0 Å². The first-order valence-corrected chi connectivity index (χ1v) is 11.9. The van der Waals surface area contributed by atoms with Gasteiger partial charge in [-0.3, -0.25) is 4.79 Å². The molecular formula is C23H28N3O3S+. The molecule has 30 heavy (non-hydrogen) atoms. The molecule has 0 aromatic heterocycles. The first kappa shape index (κ1) is 20.8. The lowest BCUT2D eigenvalue weighted by Gasteiger charge is -2.34. The Labute approximate surface area is 178 Å². The molecule has 2 aromatic rings. The number of hydrogen-bond donors (Lipinski definition) is 1. The van der Waals surface area contributed by atoms with Gasteiger partial charge in [-0.05, 0) is 29.3 Å². The van der Waals surface area contributed by atoms with Gasteiger partial charge in [-0.15, -0.1) is 0 Å². The Morgan fingerprint density at radius 1 is 0.900 bits per heavy atom. The van der Waals surface area contributed by atoms with Gasteiger partial charge in [0.05, 0.1) is 18.0 Å². The van der Waals surface area contributed by atoms with Crippen LogP contribution in [0, 0.1) is 0 Å². The summed E-state index contributed by atoms with van der Waals surface area (Å²) < 4.78 is 27.0. The van der Waals surface area contributed by atoms with Crippen molar-refractivity contribution in [1.82, 2.24) is 9.21 Å². The van der Waals surface area contributed by atoms with Crippen molar-refractivity contribution in [3.05, 3.63) is 72.3 Å². The number of nitrogens with zero attached hydrogens (tertiary/aromatic N) is 2. The minimum Gasteiger partial charge on any atom is -0.335 e. The Hall–Kier alpha value is -2.48. The predicted octanol–water partition coefficient (Wildman–Crippen LogP) is 0.892. The monoisotopic (exact) mass is 426 g/mol. The van der Waals surface area contributed by atoms with Gasteiger partial charge in [0, 0.05) is 32.6 Å². The molecule has 0 radical (unpaired) electrons. The number of benzene rings is 2. The molecule has 0 aliphatic carbocycles. The normalized spacial score (nSPS) is 20.6. The molecule has 2 heterocycles. The number of amides is 1. The Morgan fingerprint density at radius 2 is 1.53 bits per heavy atom. The van der Waals surface area contributed by atoms with Crippen LogP contribution in [-0.4, -0.2) is 69.3 Å². The lowest BCUT2D eigenvalue weighted by atomic mass is 9.99. The quantitative estimate of drug-likeness (QED) is 0.773. The lowest BCUT2D eigenvalue weighted by molar-refractivity contribution is -0.887. The van der Waals surface area contributed by atoms with Crippen LogP contribution in [0.25, 0.3) is 5.57 Å². The maximum absolute atomic E-state index is 12.8. The topological polar surface area (TPSA) is 62.1 Å². The van der Waals surface area contributed by atoms with Crippen LogP contribution in [0.5, 0.6) is 0 Å². The van der Waals surface area contributed by atoms with Crippen molar-refractivity contribution in [2.45, 2.75) is 11.3 Å². The summed E-state index contributed by atoms with van der Waals surface area (Å²) in [7, 11) is -3.49. The Bertz CT molecular complexity index is 999. The first-order valence-electron chi connectivity index (χ1n) is 10.4. The van der Waals surface area contributed by atoms with Gasteiger partial charge in [0.15, 0.2) is 6.54 Å². The maximum atomic E-state index is 12.8. The average Bonchev–Trinajstić information content (AvgIpc) is 2.81. The number of carbonyl (C=O) groups excluding carboxylic acids is 1. The van der Waals surface area contributed by atoms with Crippen molar-refractivity contribution in [2.24, 2.45) is 0 Å². The summed E-state index contributed by atoms with van der Waals surface area (Å²) in [6, 6.07) is 18.9. The number of hydrogen-bond acceptors (Lipinski definition) is 3. The first-order chi connectivity index (χ1) is 14.5. The molecule has 0 saturated carbocycles. The highest BCUT2D eigenvalue weighted by molar-refractivity contribution is 7.89. The number of carbonyl (C=O) groups is 1. The van der Waals surface area contributed by atoms with Crippen LogP contribution < -0.4 is 4.90 Å². The molecule has 2 aromatic carbocycles. The second-order valence-electron chi connectivity index (χ2n) is 7.82. The third kappa shape index (κ3) is 4.64. The van der Waals surface area contributed by atoms with Crippen molar-refractivity contribution >= 4 is 21.5 Å². The number of piperazine rings is 1. The van der Waals surface area contributed by atoms with Gasteiger partial charge in [0.25, 0.3) is 5.91 Å². The molecule has 1 fully saturated rings. The minimum atomic E-state index is -3.49. The van der Waals surface area contributed by atoms with Gasteiger partial charge in [-0.25, -0.2) is 8.42 Å². The highest BCUT2D eigenvalue weighted by Crippen LogP contribution is 2.18. The van der Waals surface area contributed by atoms with Crippen LogP contribution in [0.4, 0.5) is 0 Å². The van der Waals surface area contributed by atoms with E-state index in [9.17, 15) is 13.2 Å². The third-order valence-corrected chi connectivity index (χ3v) is 7.82. The van der Waals surface area contributed by atoms with Gasteiger partial charge in [-0.2, -0.15) is 4.31 Å². The third-order valence-electron chi connectivity index (χ3n) is 5.90. The maximum Gasteiger partial charge on any atom is 0.277 e. The van der Waals surface area contributed by atoms with E-state index >= 15 is 0 Å². The summed E-state index contributed by atoms with van der Waals surface area (Å²) in [4.78, 5) is 16.1. The van der Waals surface area contributed by atoms with Crippen LogP contribution in [0.1, 0.15) is 12.0 Å². The number of quaternary nitrogens is 1. The summed E-state index contributed by atoms with van der Waals surface area (Å²) in [6.45, 7) is 3.83. The summed E-state index contributed by atoms with van der Waals surface area (Å²) in [5.41, 5.74) is 2.62. The molecule has 158 valence electrons. The molecule has 6 nitrogen and oxygen atoms in total. The van der Waals surface area contributed by atoms with Crippen molar-refractivity contribution in [2.75, 3.05) is 45.8 Å². The molecule has 1 unspecified atom stereocenters. The fourth-order valence-electron chi connectivity index (χ4n) is 4.10. The van der Waals surface area contributed by atoms with E-state index in [2.05, 4.69) is 30.3 Å². The molecule has 2 aliphatic rings.